The van der Waals surface area contributed by atoms with Gasteiger partial charge in [-0.25, -0.2) is 0 Å². The Kier molecular flexibility index (Phi) is 6.92. The summed E-state index contributed by atoms with van der Waals surface area (Å²) in [6.07, 6.45) is 3.88. The Hall–Kier alpha value is 0.479. The van der Waals surface area contributed by atoms with Crippen molar-refractivity contribution in [3.63, 3.8) is 0 Å². The van der Waals surface area contributed by atoms with Crippen LogP contribution in [-0.2, 0) is 16.2 Å². The van der Waals surface area contributed by atoms with Crippen LogP contribution in [0.5, 0.6) is 0 Å². The van der Waals surface area contributed by atoms with E-state index in [0.29, 0.717) is 0 Å². The Labute approximate surface area is 53.9 Å². The van der Waals surface area contributed by atoms with Crippen molar-refractivity contribution in [1.29, 1.82) is 0 Å². The predicted octanol–water partition coefficient (Wildman–Crippen LogP) is 1.23. The molecule has 0 amide bonds. The van der Waals surface area contributed by atoms with Crippen LogP contribution in [0.4, 0.5) is 0 Å². The van der Waals surface area contributed by atoms with Gasteiger partial charge in [-0.15, -0.1) is 0 Å². The summed E-state index contributed by atoms with van der Waals surface area (Å²) in [7, 11) is 0. The Balaban J connectivity index is 2.45. The van der Waals surface area contributed by atoms with E-state index in [4.69, 9.17) is 0 Å². The topological polar surface area (TPSA) is 12.0 Å². The predicted molar refractivity (Wildman–Crippen MR) is 27.5 cm³/mol. The van der Waals surface area contributed by atoms with Gasteiger partial charge in [0.05, 0.1) is 0 Å². The van der Waals surface area contributed by atoms with Gasteiger partial charge >= 0.3 is 53.3 Å². The van der Waals surface area contributed by atoms with E-state index in [0.717, 1.165) is 6.54 Å². The van der Waals surface area contributed by atoms with E-state index < -0.39 is 0 Å². The molecule has 0 saturated carbocycles. The van der Waals surface area contributed by atoms with E-state index in [9.17, 15) is 0 Å². The van der Waals surface area contributed by atoms with E-state index >= 15 is 0 Å². The normalized spacial score (nSPS) is 9.43. The van der Waals surface area contributed by atoms with Gasteiger partial charge < -0.3 is 0 Å². The van der Waals surface area contributed by atoms with Crippen molar-refractivity contribution in [3.8, 4) is 0 Å². The molecule has 0 aromatic rings. The molecule has 2 heteroatoms. The second-order valence-corrected chi connectivity index (χ2v) is 1.97. The fourth-order valence-corrected chi connectivity index (χ4v) is 0.633. The molecule has 0 aliphatic carbocycles. The average Bonchev–Trinajstić information content (AvgIpc) is 1.69. The van der Waals surface area contributed by atoms with Crippen molar-refractivity contribution in [3.05, 3.63) is 0 Å². The third kappa shape index (κ3) is 6.48. The van der Waals surface area contributed by atoms with Crippen molar-refractivity contribution in [1.82, 2.24) is 4.33 Å². The first kappa shape index (κ1) is 7.48. The Morgan fingerprint density at radius 2 is 2.14 bits per heavy atom. The summed E-state index contributed by atoms with van der Waals surface area (Å²) < 4.78 is 2.85. The molecule has 0 aromatic heterocycles. The second-order valence-electron chi connectivity index (χ2n) is 1.58. The van der Waals surface area contributed by atoms with Crippen LogP contribution in [0, 0.1) is 0 Å². The summed E-state index contributed by atoms with van der Waals surface area (Å²) >= 11 is 3.51. The summed E-state index contributed by atoms with van der Waals surface area (Å²) in [4.78, 5) is 0. The fraction of sp³-hybridized carbons (Fsp3) is 1.00. The minimum absolute atomic E-state index is 1.06. The first-order chi connectivity index (χ1) is 3.41. The summed E-state index contributed by atoms with van der Waals surface area (Å²) in [5.41, 5.74) is 0. The van der Waals surface area contributed by atoms with Crippen molar-refractivity contribution in [2.75, 3.05) is 6.54 Å². The second kappa shape index (κ2) is 6.48. The van der Waals surface area contributed by atoms with Crippen molar-refractivity contribution >= 4 is 0 Å². The Bertz CT molecular complexity index is 27.3. The molecule has 0 rings (SSSR count). The quantitative estimate of drug-likeness (QED) is 0.459. The molecule has 0 spiro atoms. The Morgan fingerprint density at radius 1 is 1.43 bits per heavy atom. The maximum atomic E-state index is 3.51. The molecule has 0 aliphatic rings. The van der Waals surface area contributed by atoms with Crippen LogP contribution in [0.1, 0.15) is 26.2 Å². The number of nitrogens with one attached hydrogen (secondary N) is 1. The van der Waals surface area contributed by atoms with Crippen LogP contribution in [-0.4, -0.2) is 6.54 Å². The summed E-state index contributed by atoms with van der Waals surface area (Å²) in [6.45, 7) is 3.26. The first-order valence-electron chi connectivity index (χ1n) is 2.74. The van der Waals surface area contributed by atoms with Gasteiger partial charge in [-0.3, -0.25) is 0 Å². The molecule has 0 heterocycles. The molecule has 0 unspecified atom stereocenters. The molecule has 0 aromatic carbocycles. The summed E-state index contributed by atoms with van der Waals surface area (Å²) in [5, 5.41) is 0. The van der Waals surface area contributed by atoms with Crippen LogP contribution in [0.3, 0.4) is 0 Å². The first-order valence-corrected chi connectivity index (χ1v) is 3.29. The monoisotopic (exact) mass is 142 g/mol. The molecule has 0 radical (unpaired) electrons. The third-order valence-corrected chi connectivity index (χ3v) is 1.14. The van der Waals surface area contributed by atoms with E-state index in [1.807, 2.05) is 0 Å². The van der Waals surface area contributed by atoms with Crippen LogP contribution in [0.15, 0.2) is 0 Å². The van der Waals surface area contributed by atoms with Gasteiger partial charge in [-0.05, 0) is 0 Å². The van der Waals surface area contributed by atoms with Gasteiger partial charge in [0.15, 0.2) is 0 Å². The van der Waals surface area contributed by atoms with Gasteiger partial charge in [0.25, 0.3) is 0 Å². The molecule has 0 saturated heterocycles. The van der Waals surface area contributed by atoms with E-state index in [1.165, 1.54) is 19.3 Å². The zero-order valence-electron chi connectivity index (χ0n) is 4.68. The van der Waals surface area contributed by atoms with Gasteiger partial charge in [0.2, 0.25) is 0 Å². The van der Waals surface area contributed by atoms with Gasteiger partial charge in [-0.2, -0.15) is 0 Å². The van der Waals surface area contributed by atoms with Crippen LogP contribution >= 0.6 is 0 Å². The number of hydrogen-bond donors (Lipinski definition) is 1. The molecule has 0 aliphatic heterocycles. The average molecular weight is 142 g/mol. The number of unbranched alkanes of at least 4 members (excludes halogenated alkanes) is 2. The SMILES string of the molecule is CCCCC[NH][Fe]. The molecule has 0 fully saturated rings. The fourth-order valence-electron chi connectivity index (χ4n) is 0.437. The van der Waals surface area contributed by atoms with Crippen LogP contribution < -0.4 is 4.33 Å². The Morgan fingerprint density at radius 3 is 2.57 bits per heavy atom. The molecule has 7 heavy (non-hydrogen) atoms. The number of rotatable bonds is 4. The van der Waals surface area contributed by atoms with E-state index in [-0.39, 0.29) is 0 Å². The van der Waals surface area contributed by atoms with Crippen molar-refractivity contribution < 1.29 is 16.2 Å². The molecule has 45 valence electrons. The van der Waals surface area contributed by atoms with E-state index in [1.54, 1.807) is 0 Å². The zero-order chi connectivity index (χ0) is 5.54. The molecule has 1 nitrogen and oxygen atoms in total. The number of hydrogen-bond acceptors (Lipinski definition) is 1. The van der Waals surface area contributed by atoms with Crippen LogP contribution in [0.2, 0.25) is 0 Å². The van der Waals surface area contributed by atoms with E-state index in [2.05, 4.69) is 27.5 Å². The third-order valence-electron chi connectivity index (χ3n) is 0.869. The zero-order valence-corrected chi connectivity index (χ0v) is 5.79. The van der Waals surface area contributed by atoms with Gasteiger partial charge in [0, 0.05) is 0 Å². The summed E-state index contributed by atoms with van der Waals surface area (Å²) in [5.74, 6) is 0. The molecule has 0 atom stereocenters. The minimum atomic E-state index is 1.06. The molecular formula is C5H12FeN. The van der Waals surface area contributed by atoms with Crippen molar-refractivity contribution in [2.24, 2.45) is 0 Å². The maximum absolute atomic E-state index is 3.51. The molecule has 0 bridgehead atoms. The molecular weight excluding hydrogens is 130 g/mol. The van der Waals surface area contributed by atoms with Crippen molar-refractivity contribution in [2.45, 2.75) is 26.2 Å². The summed E-state index contributed by atoms with van der Waals surface area (Å²) in [6, 6.07) is 0. The van der Waals surface area contributed by atoms with Gasteiger partial charge in [0.1, 0.15) is 0 Å². The van der Waals surface area contributed by atoms with Crippen LogP contribution in [0.25, 0.3) is 0 Å². The standard InChI is InChI=1S/C5H12N.Fe/c1-2-3-4-5-6;/h6H,2-5H2,1H3;/q-1;+1. The van der Waals surface area contributed by atoms with Gasteiger partial charge in [-0.1, -0.05) is 0 Å². The molecule has 1 N–H and O–H groups in total.